The minimum Gasteiger partial charge on any atom is -0.481 e. The molecule has 0 radical (unpaired) electrons. The molecule has 3 rings (SSSR count). The number of nitrogens with zero attached hydrogens (tertiary/aromatic N) is 3. The van der Waals surface area contributed by atoms with Crippen LogP contribution in [0.15, 0.2) is 24.3 Å². The van der Waals surface area contributed by atoms with Gasteiger partial charge in [-0.2, -0.15) is 0 Å². The van der Waals surface area contributed by atoms with Gasteiger partial charge >= 0.3 is 0 Å². The number of aryl methyl sites for hydroxylation is 2. The van der Waals surface area contributed by atoms with Gasteiger partial charge < -0.3 is 19.7 Å². The summed E-state index contributed by atoms with van der Waals surface area (Å²) in [6.07, 6.45) is 0. The molecule has 1 amide bonds. The lowest BCUT2D eigenvalue weighted by Gasteiger charge is -2.27. The van der Waals surface area contributed by atoms with Crippen molar-refractivity contribution in [1.29, 1.82) is 0 Å². The van der Waals surface area contributed by atoms with E-state index in [0.717, 1.165) is 13.1 Å². The van der Waals surface area contributed by atoms with E-state index in [2.05, 4.69) is 20.2 Å². The van der Waals surface area contributed by atoms with Crippen LogP contribution in [0.3, 0.4) is 0 Å². The van der Waals surface area contributed by atoms with Crippen molar-refractivity contribution in [2.24, 2.45) is 0 Å². The summed E-state index contributed by atoms with van der Waals surface area (Å²) < 4.78 is 24.1. The summed E-state index contributed by atoms with van der Waals surface area (Å²) in [7, 11) is 0. The van der Waals surface area contributed by atoms with Crippen molar-refractivity contribution in [3.63, 3.8) is 0 Å². The highest BCUT2D eigenvalue weighted by molar-refractivity contribution is 5.93. The minimum atomic E-state index is -0.508. The van der Waals surface area contributed by atoms with Crippen LogP contribution in [-0.4, -0.2) is 48.8 Å². The smallest absolute Gasteiger partial charge is 0.262 e. The number of hydrogen-bond donors (Lipinski definition) is 1. The van der Waals surface area contributed by atoms with E-state index in [-0.39, 0.29) is 12.4 Å². The average molecular weight is 360 g/mol. The standard InChI is InChI=1S/C18H21FN4O3/c1-12-17(13(2)21-18(20-12)23-7-9-25-10-8-23)22-16(24)11-26-15-6-4-3-5-14(15)19/h3-6H,7-11H2,1-2H3,(H,22,24). The first kappa shape index (κ1) is 18.1. The maximum absolute atomic E-state index is 13.5. The molecule has 1 aromatic carbocycles. The number of benzene rings is 1. The molecule has 0 spiro atoms. The first-order chi connectivity index (χ1) is 12.5. The Balaban J connectivity index is 1.65. The predicted octanol–water partition coefficient (Wildman–Crippen LogP) is 2.09. The number of rotatable bonds is 5. The van der Waals surface area contributed by atoms with E-state index in [0.29, 0.717) is 36.2 Å². The molecule has 1 saturated heterocycles. The van der Waals surface area contributed by atoms with Gasteiger partial charge in [0.15, 0.2) is 18.2 Å². The molecule has 0 unspecified atom stereocenters. The predicted molar refractivity (Wildman–Crippen MR) is 95.1 cm³/mol. The third kappa shape index (κ3) is 4.26. The molecule has 0 atom stereocenters. The number of anilines is 2. The molecule has 26 heavy (non-hydrogen) atoms. The number of aromatic nitrogens is 2. The molecule has 1 aromatic heterocycles. The third-order valence-corrected chi connectivity index (χ3v) is 4.01. The van der Waals surface area contributed by atoms with Crippen molar-refractivity contribution in [3.05, 3.63) is 41.5 Å². The number of carbonyl (C=O) groups is 1. The highest BCUT2D eigenvalue weighted by Gasteiger charge is 2.18. The summed E-state index contributed by atoms with van der Waals surface area (Å²) in [6.45, 7) is 6.09. The first-order valence-corrected chi connectivity index (χ1v) is 8.39. The Morgan fingerprint density at radius 3 is 2.54 bits per heavy atom. The number of amides is 1. The van der Waals surface area contributed by atoms with Crippen molar-refractivity contribution >= 4 is 17.5 Å². The molecule has 0 aliphatic carbocycles. The van der Waals surface area contributed by atoms with E-state index in [1.165, 1.54) is 12.1 Å². The van der Waals surface area contributed by atoms with Crippen molar-refractivity contribution in [3.8, 4) is 5.75 Å². The lowest BCUT2D eigenvalue weighted by molar-refractivity contribution is -0.118. The lowest BCUT2D eigenvalue weighted by Crippen LogP contribution is -2.37. The Kier molecular flexibility index (Phi) is 5.62. The van der Waals surface area contributed by atoms with Crippen LogP contribution < -0.4 is 15.0 Å². The summed E-state index contributed by atoms with van der Waals surface area (Å²) in [6, 6.07) is 5.95. The Morgan fingerprint density at radius 1 is 1.23 bits per heavy atom. The van der Waals surface area contributed by atoms with Gasteiger partial charge in [0.05, 0.1) is 30.3 Å². The molecule has 138 valence electrons. The van der Waals surface area contributed by atoms with E-state index in [4.69, 9.17) is 9.47 Å². The van der Waals surface area contributed by atoms with Crippen molar-refractivity contribution in [1.82, 2.24) is 9.97 Å². The molecule has 1 aliphatic rings. The van der Waals surface area contributed by atoms with E-state index in [1.807, 2.05) is 13.8 Å². The van der Waals surface area contributed by atoms with Crippen LogP contribution in [0.25, 0.3) is 0 Å². The molecule has 0 saturated carbocycles. The van der Waals surface area contributed by atoms with Crippen LogP contribution in [0.5, 0.6) is 5.75 Å². The monoisotopic (exact) mass is 360 g/mol. The Hall–Kier alpha value is -2.74. The number of carbonyl (C=O) groups excluding carboxylic acids is 1. The molecule has 1 aliphatic heterocycles. The van der Waals surface area contributed by atoms with Gasteiger partial charge in [-0.05, 0) is 26.0 Å². The average Bonchev–Trinajstić information content (AvgIpc) is 2.64. The highest BCUT2D eigenvalue weighted by Crippen LogP contribution is 2.21. The van der Waals surface area contributed by atoms with Gasteiger partial charge in [-0.15, -0.1) is 0 Å². The van der Waals surface area contributed by atoms with Gasteiger partial charge in [0.1, 0.15) is 0 Å². The molecule has 1 fully saturated rings. The lowest BCUT2D eigenvalue weighted by atomic mass is 10.2. The summed E-state index contributed by atoms with van der Waals surface area (Å²) in [4.78, 5) is 23.2. The Morgan fingerprint density at radius 2 is 1.88 bits per heavy atom. The second-order valence-electron chi connectivity index (χ2n) is 5.94. The van der Waals surface area contributed by atoms with E-state index < -0.39 is 11.7 Å². The zero-order valence-corrected chi connectivity index (χ0v) is 14.8. The Bertz CT molecular complexity index is 771. The molecule has 7 nitrogen and oxygen atoms in total. The highest BCUT2D eigenvalue weighted by atomic mass is 19.1. The van der Waals surface area contributed by atoms with Crippen molar-refractivity contribution < 1.29 is 18.7 Å². The van der Waals surface area contributed by atoms with Crippen LogP contribution in [0, 0.1) is 19.7 Å². The van der Waals surface area contributed by atoms with Crippen LogP contribution >= 0.6 is 0 Å². The fourth-order valence-electron chi connectivity index (χ4n) is 2.66. The first-order valence-electron chi connectivity index (χ1n) is 8.39. The van der Waals surface area contributed by atoms with Gasteiger partial charge in [0, 0.05) is 13.1 Å². The van der Waals surface area contributed by atoms with E-state index >= 15 is 0 Å². The van der Waals surface area contributed by atoms with Crippen molar-refractivity contribution in [2.45, 2.75) is 13.8 Å². The maximum Gasteiger partial charge on any atom is 0.262 e. The van der Waals surface area contributed by atoms with Crippen LogP contribution in [0.1, 0.15) is 11.4 Å². The molecule has 1 N–H and O–H groups in total. The number of para-hydroxylation sites is 1. The van der Waals surface area contributed by atoms with Crippen LogP contribution in [0.2, 0.25) is 0 Å². The molecule has 8 heteroatoms. The normalized spacial score (nSPS) is 14.2. The van der Waals surface area contributed by atoms with Crippen LogP contribution in [-0.2, 0) is 9.53 Å². The molecule has 2 heterocycles. The SMILES string of the molecule is Cc1nc(N2CCOCC2)nc(C)c1NC(=O)COc1ccccc1F. The zero-order chi connectivity index (χ0) is 18.5. The maximum atomic E-state index is 13.5. The molecular formula is C18H21FN4O3. The van der Waals surface area contributed by atoms with Gasteiger partial charge in [-0.1, -0.05) is 12.1 Å². The number of hydrogen-bond acceptors (Lipinski definition) is 6. The number of nitrogens with one attached hydrogen (secondary N) is 1. The van der Waals surface area contributed by atoms with Crippen molar-refractivity contribution in [2.75, 3.05) is 43.1 Å². The fourth-order valence-corrected chi connectivity index (χ4v) is 2.66. The van der Waals surface area contributed by atoms with E-state index in [1.54, 1.807) is 12.1 Å². The molecule has 2 aromatic rings. The summed E-state index contributed by atoms with van der Waals surface area (Å²) in [5.74, 6) is -0.244. The number of ether oxygens (including phenoxy) is 2. The third-order valence-electron chi connectivity index (χ3n) is 4.01. The number of morpholine rings is 1. The summed E-state index contributed by atoms with van der Waals surface area (Å²) in [5, 5.41) is 2.74. The van der Waals surface area contributed by atoms with Gasteiger partial charge in [-0.3, -0.25) is 4.79 Å². The quantitative estimate of drug-likeness (QED) is 0.880. The Labute approximate surface area is 151 Å². The topological polar surface area (TPSA) is 76.6 Å². The van der Waals surface area contributed by atoms with E-state index in [9.17, 15) is 9.18 Å². The fraction of sp³-hybridized carbons (Fsp3) is 0.389. The second kappa shape index (κ2) is 8.09. The second-order valence-corrected chi connectivity index (χ2v) is 5.94. The molecular weight excluding hydrogens is 339 g/mol. The largest absolute Gasteiger partial charge is 0.481 e. The summed E-state index contributed by atoms with van der Waals surface area (Å²) >= 11 is 0. The summed E-state index contributed by atoms with van der Waals surface area (Å²) in [5.41, 5.74) is 1.88. The number of halogens is 1. The van der Waals surface area contributed by atoms with Crippen LogP contribution in [0.4, 0.5) is 16.0 Å². The van der Waals surface area contributed by atoms with Gasteiger partial charge in [0.25, 0.3) is 5.91 Å². The minimum absolute atomic E-state index is 0.0370. The van der Waals surface area contributed by atoms with Gasteiger partial charge in [0.2, 0.25) is 5.95 Å². The van der Waals surface area contributed by atoms with Gasteiger partial charge in [-0.25, -0.2) is 14.4 Å². The zero-order valence-electron chi connectivity index (χ0n) is 14.8. The molecule has 0 bridgehead atoms.